The summed E-state index contributed by atoms with van der Waals surface area (Å²) in [4.78, 5) is 12.1. The van der Waals surface area contributed by atoms with Crippen LogP contribution in [0.1, 0.15) is 5.56 Å². The van der Waals surface area contributed by atoms with E-state index in [0.29, 0.717) is 17.0 Å². The van der Waals surface area contributed by atoms with Crippen LogP contribution in [-0.2, 0) is 14.8 Å². The number of esters is 1. The van der Waals surface area contributed by atoms with Crippen molar-refractivity contribution in [2.45, 2.75) is 4.90 Å². The first-order chi connectivity index (χ1) is 14.4. The van der Waals surface area contributed by atoms with Crippen molar-refractivity contribution < 1.29 is 22.7 Å². The van der Waals surface area contributed by atoms with Crippen molar-refractivity contribution in [3.8, 4) is 17.6 Å². The first-order valence-electron chi connectivity index (χ1n) is 8.88. The van der Waals surface area contributed by atoms with Gasteiger partial charge in [0.1, 0.15) is 11.5 Å². The van der Waals surface area contributed by atoms with E-state index in [-0.39, 0.29) is 17.3 Å². The zero-order chi connectivity index (χ0) is 21.6. The minimum Gasteiger partial charge on any atom is -0.482 e. The van der Waals surface area contributed by atoms with Crippen LogP contribution >= 0.6 is 0 Å². The van der Waals surface area contributed by atoms with Gasteiger partial charge in [-0.05, 0) is 60.7 Å². The van der Waals surface area contributed by atoms with E-state index >= 15 is 0 Å². The van der Waals surface area contributed by atoms with Crippen molar-refractivity contribution >= 4 is 21.7 Å². The molecule has 7 nitrogen and oxygen atoms in total. The molecule has 0 saturated heterocycles. The Hall–Kier alpha value is -3.83. The third-order valence-corrected chi connectivity index (χ3v) is 5.97. The predicted octanol–water partition coefficient (Wildman–Crippen LogP) is 3.37. The van der Waals surface area contributed by atoms with Crippen molar-refractivity contribution in [1.29, 1.82) is 5.26 Å². The van der Waals surface area contributed by atoms with Crippen molar-refractivity contribution in [1.82, 2.24) is 0 Å². The lowest BCUT2D eigenvalue weighted by atomic mass is 10.2. The lowest BCUT2D eigenvalue weighted by Gasteiger charge is -2.19. The molecule has 0 radical (unpaired) electrons. The zero-order valence-electron chi connectivity index (χ0n) is 16.1. The Morgan fingerprint density at radius 3 is 2.13 bits per heavy atom. The van der Waals surface area contributed by atoms with Crippen LogP contribution < -0.4 is 13.8 Å². The first kappa shape index (κ1) is 20.9. The second-order valence-electron chi connectivity index (χ2n) is 6.18. The van der Waals surface area contributed by atoms with Gasteiger partial charge >= 0.3 is 5.97 Å². The van der Waals surface area contributed by atoms with E-state index in [1.54, 1.807) is 54.6 Å². The van der Waals surface area contributed by atoms with Gasteiger partial charge in [-0.15, -0.1) is 0 Å². The van der Waals surface area contributed by atoms with Crippen LogP contribution in [-0.4, -0.2) is 28.0 Å². The summed E-state index contributed by atoms with van der Waals surface area (Å²) in [6.45, 7) is -0.310. The van der Waals surface area contributed by atoms with Gasteiger partial charge in [-0.25, -0.2) is 13.2 Å². The van der Waals surface area contributed by atoms with E-state index in [0.717, 1.165) is 4.31 Å². The third-order valence-electron chi connectivity index (χ3n) is 4.17. The highest BCUT2D eigenvalue weighted by Crippen LogP contribution is 2.24. The van der Waals surface area contributed by atoms with Gasteiger partial charge in [0.15, 0.2) is 6.61 Å². The van der Waals surface area contributed by atoms with E-state index in [9.17, 15) is 13.2 Å². The van der Waals surface area contributed by atoms with E-state index in [1.165, 1.54) is 31.3 Å². The number of nitrogens with zero attached hydrogens (tertiary/aromatic N) is 2. The number of ether oxygens (including phenoxy) is 2. The van der Waals surface area contributed by atoms with Crippen molar-refractivity contribution in [2.24, 2.45) is 0 Å². The number of carbonyl (C=O) groups excluding carboxylic acids is 1. The van der Waals surface area contributed by atoms with Gasteiger partial charge in [0.25, 0.3) is 10.0 Å². The second kappa shape index (κ2) is 9.11. The fraction of sp³-hybridized carbons (Fsp3) is 0.0909. The van der Waals surface area contributed by atoms with E-state index in [2.05, 4.69) is 0 Å². The zero-order valence-corrected chi connectivity index (χ0v) is 16.9. The fourth-order valence-electron chi connectivity index (χ4n) is 2.54. The predicted molar refractivity (Wildman–Crippen MR) is 111 cm³/mol. The number of carbonyl (C=O) groups is 1. The standard InChI is InChI=1S/C22H18N2O5S/c1-24(30(26,27)21-5-3-2-4-6-21)18-9-13-20(14-10-18)29-22(25)16-28-19-11-7-17(15-23)8-12-19/h2-14H,16H2,1H3. The Morgan fingerprint density at radius 1 is 0.933 bits per heavy atom. The summed E-state index contributed by atoms with van der Waals surface area (Å²) in [5.41, 5.74) is 0.914. The molecular weight excluding hydrogens is 404 g/mol. The van der Waals surface area contributed by atoms with Crippen LogP contribution in [0, 0.1) is 11.3 Å². The SMILES string of the molecule is CN(c1ccc(OC(=O)COc2ccc(C#N)cc2)cc1)S(=O)(=O)c1ccccc1. The molecule has 3 aromatic rings. The molecule has 0 amide bonds. The van der Waals surface area contributed by atoms with Gasteiger partial charge in [0.05, 0.1) is 22.2 Å². The van der Waals surface area contributed by atoms with E-state index in [1.807, 2.05) is 6.07 Å². The molecule has 0 N–H and O–H groups in total. The Balaban J connectivity index is 1.59. The fourth-order valence-corrected chi connectivity index (χ4v) is 3.76. The smallest absolute Gasteiger partial charge is 0.349 e. The summed E-state index contributed by atoms with van der Waals surface area (Å²) in [6, 6.07) is 22.5. The van der Waals surface area contributed by atoms with E-state index in [4.69, 9.17) is 14.7 Å². The molecule has 0 aliphatic carbocycles. The summed E-state index contributed by atoms with van der Waals surface area (Å²) < 4.78 is 37.0. The summed E-state index contributed by atoms with van der Waals surface area (Å²) >= 11 is 0. The van der Waals surface area contributed by atoms with Crippen molar-refractivity contribution in [3.63, 3.8) is 0 Å². The van der Waals surface area contributed by atoms with Gasteiger partial charge in [0.2, 0.25) is 0 Å². The number of hydrogen-bond acceptors (Lipinski definition) is 6. The highest BCUT2D eigenvalue weighted by molar-refractivity contribution is 7.92. The minimum absolute atomic E-state index is 0.183. The number of sulfonamides is 1. The van der Waals surface area contributed by atoms with Crippen molar-refractivity contribution in [2.75, 3.05) is 18.0 Å². The molecule has 0 unspecified atom stereocenters. The van der Waals surface area contributed by atoms with Crippen LogP contribution in [0.25, 0.3) is 0 Å². The molecule has 0 heterocycles. The molecule has 30 heavy (non-hydrogen) atoms. The maximum absolute atomic E-state index is 12.7. The molecule has 0 spiro atoms. The average Bonchev–Trinajstić information content (AvgIpc) is 2.78. The molecular formula is C22H18N2O5S. The highest BCUT2D eigenvalue weighted by atomic mass is 32.2. The number of hydrogen-bond donors (Lipinski definition) is 0. The molecule has 3 aromatic carbocycles. The quantitative estimate of drug-likeness (QED) is 0.428. The van der Waals surface area contributed by atoms with Crippen LogP contribution in [0.2, 0.25) is 0 Å². The van der Waals surface area contributed by atoms with Gasteiger partial charge in [-0.1, -0.05) is 18.2 Å². The van der Waals surface area contributed by atoms with Crippen LogP contribution in [0.5, 0.6) is 11.5 Å². The second-order valence-corrected chi connectivity index (χ2v) is 8.15. The lowest BCUT2D eigenvalue weighted by molar-refractivity contribution is -0.136. The van der Waals surface area contributed by atoms with Crippen LogP contribution in [0.15, 0.2) is 83.8 Å². The summed E-state index contributed by atoms with van der Waals surface area (Å²) in [7, 11) is -2.23. The Labute approximate surface area is 174 Å². The highest BCUT2D eigenvalue weighted by Gasteiger charge is 2.21. The third kappa shape index (κ3) is 4.96. The molecule has 0 atom stereocenters. The maximum atomic E-state index is 12.7. The Kier molecular flexibility index (Phi) is 6.35. The van der Waals surface area contributed by atoms with Crippen LogP contribution in [0.4, 0.5) is 5.69 Å². The van der Waals surface area contributed by atoms with Gasteiger partial charge in [-0.3, -0.25) is 4.31 Å². The van der Waals surface area contributed by atoms with Crippen LogP contribution in [0.3, 0.4) is 0 Å². The average molecular weight is 422 g/mol. The van der Waals surface area contributed by atoms with Gasteiger partial charge in [0, 0.05) is 7.05 Å². The van der Waals surface area contributed by atoms with Crippen molar-refractivity contribution in [3.05, 3.63) is 84.4 Å². The maximum Gasteiger partial charge on any atom is 0.349 e. The molecule has 0 saturated carbocycles. The molecule has 0 aliphatic rings. The molecule has 8 heteroatoms. The van der Waals surface area contributed by atoms with E-state index < -0.39 is 16.0 Å². The number of benzene rings is 3. The number of rotatable bonds is 7. The van der Waals surface area contributed by atoms with Gasteiger partial charge in [-0.2, -0.15) is 5.26 Å². The molecule has 3 rings (SSSR count). The molecule has 0 bridgehead atoms. The topological polar surface area (TPSA) is 96.7 Å². The summed E-state index contributed by atoms with van der Waals surface area (Å²) in [5.74, 6) is 0.0871. The summed E-state index contributed by atoms with van der Waals surface area (Å²) in [5, 5.41) is 8.77. The first-order valence-corrected chi connectivity index (χ1v) is 10.3. The largest absolute Gasteiger partial charge is 0.482 e. The Bertz CT molecular complexity index is 1150. The lowest BCUT2D eigenvalue weighted by Crippen LogP contribution is -2.26. The monoisotopic (exact) mass is 422 g/mol. The normalized spacial score (nSPS) is 10.7. The molecule has 152 valence electrons. The summed E-state index contributed by atoms with van der Waals surface area (Å²) in [6.07, 6.45) is 0. The minimum atomic E-state index is -3.69. The number of nitriles is 1. The van der Waals surface area contributed by atoms with Gasteiger partial charge < -0.3 is 9.47 Å². The Morgan fingerprint density at radius 2 is 1.53 bits per heavy atom. The molecule has 0 aromatic heterocycles. The number of anilines is 1. The molecule has 0 aliphatic heterocycles. The molecule has 0 fully saturated rings.